The first-order valence-corrected chi connectivity index (χ1v) is 4.03. The zero-order chi connectivity index (χ0) is 8.72. The molecule has 2 aromatic rings. The van der Waals surface area contributed by atoms with E-state index in [0.29, 0.717) is 21.2 Å². The lowest BCUT2D eigenvalue weighted by Crippen LogP contribution is -1.84. The van der Waals surface area contributed by atoms with Crippen molar-refractivity contribution >= 4 is 39.9 Å². The Kier molecular flexibility index (Phi) is 1.63. The van der Waals surface area contributed by atoms with Crippen LogP contribution >= 0.6 is 23.2 Å². The van der Waals surface area contributed by atoms with Crippen molar-refractivity contribution in [3.8, 4) is 0 Å². The minimum Gasteiger partial charge on any atom is -0.382 e. The van der Waals surface area contributed by atoms with Crippen LogP contribution in [0.15, 0.2) is 12.1 Å². The fourth-order valence-corrected chi connectivity index (χ4v) is 1.49. The molecule has 0 amide bonds. The van der Waals surface area contributed by atoms with Crippen LogP contribution in [0, 0.1) is 0 Å². The van der Waals surface area contributed by atoms with Gasteiger partial charge in [-0.25, -0.2) is 0 Å². The Morgan fingerprint density at radius 1 is 1.33 bits per heavy atom. The van der Waals surface area contributed by atoms with Gasteiger partial charge in [0.1, 0.15) is 0 Å². The predicted molar refractivity (Wildman–Crippen MR) is 50.5 cm³/mol. The number of nitrogens with two attached hydrogens (primary N) is 1. The number of fused-ring (bicyclic) bond motifs is 1. The third-order valence-corrected chi connectivity index (χ3v) is 2.45. The highest BCUT2D eigenvalue weighted by Crippen LogP contribution is 2.32. The topological polar surface area (TPSA) is 54.7 Å². The maximum atomic E-state index is 5.90. The lowest BCUT2D eigenvalue weighted by atomic mass is 10.2. The Morgan fingerprint density at radius 2 is 2.08 bits per heavy atom. The second-order valence-corrected chi connectivity index (χ2v) is 3.18. The molecule has 1 aromatic carbocycles. The van der Waals surface area contributed by atoms with E-state index < -0.39 is 0 Å². The van der Waals surface area contributed by atoms with Gasteiger partial charge < -0.3 is 5.73 Å². The van der Waals surface area contributed by atoms with Crippen molar-refractivity contribution in [3.63, 3.8) is 0 Å². The highest BCUT2D eigenvalue weighted by molar-refractivity contribution is 6.45. The monoisotopic (exact) mass is 201 g/mol. The number of H-pyrrole nitrogens is 1. The van der Waals surface area contributed by atoms with Gasteiger partial charge in [-0.05, 0) is 12.1 Å². The molecule has 0 atom stereocenters. The van der Waals surface area contributed by atoms with Crippen molar-refractivity contribution < 1.29 is 0 Å². The molecule has 0 saturated heterocycles. The first kappa shape index (κ1) is 7.71. The molecule has 3 nitrogen and oxygen atoms in total. The SMILES string of the molecule is Nc1n[nH]c2ccc(Cl)c(Cl)c12. The van der Waals surface area contributed by atoms with Crippen molar-refractivity contribution in [1.29, 1.82) is 0 Å². The summed E-state index contributed by atoms with van der Waals surface area (Å²) in [6.45, 7) is 0. The summed E-state index contributed by atoms with van der Waals surface area (Å²) in [6.07, 6.45) is 0. The van der Waals surface area contributed by atoms with Crippen molar-refractivity contribution in [2.45, 2.75) is 0 Å². The summed E-state index contributed by atoms with van der Waals surface area (Å²) in [5, 5.41) is 8.16. The van der Waals surface area contributed by atoms with Crippen molar-refractivity contribution in [2.24, 2.45) is 0 Å². The van der Waals surface area contributed by atoms with Crippen LogP contribution in [0.2, 0.25) is 10.0 Å². The van der Waals surface area contributed by atoms with E-state index >= 15 is 0 Å². The zero-order valence-corrected chi connectivity index (χ0v) is 7.45. The molecule has 0 unspecified atom stereocenters. The van der Waals surface area contributed by atoms with Gasteiger partial charge in [0.05, 0.1) is 20.9 Å². The normalized spacial score (nSPS) is 10.8. The lowest BCUT2D eigenvalue weighted by Gasteiger charge is -1.96. The molecule has 5 heteroatoms. The summed E-state index contributed by atoms with van der Waals surface area (Å²) in [6, 6.07) is 3.48. The van der Waals surface area contributed by atoms with Crippen LogP contribution in [0.1, 0.15) is 0 Å². The van der Waals surface area contributed by atoms with Crippen molar-refractivity contribution in [3.05, 3.63) is 22.2 Å². The molecule has 0 saturated carbocycles. The molecular weight excluding hydrogens is 197 g/mol. The molecular formula is C7H5Cl2N3. The summed E-state index contributed by atoms with van der Waals surface area (Å²) in [5.41, 5.74) is 6.35. The van der Waals surface area contributed by atoms with E-state index in [1.54, 1.807) is 12.1 Å². The second-order valence-electron chi connectivity index (χ2n) is 2.39. The molecule has 1 heterocycles. The third kappa shape index (κ3) is 0.940. The van der Waals surface area contributed by atoms with Crippen LogP contribution in [-0.4, -0.2) is 10.2 Å². The van der Waals surface area contributed by atoms with Gasteiger partial charge in [-0.15, -0.1) is 0 Å². The smallest absolute Gasteiger partial charge is 0.154 e. The number of nitrogens with zero attached hydrogens (tertiary/aromatic N) is 1. The molecule has 0 aliphatic rings. The van der Waals surface area contributed by atoms with E-state index in [9.17, 15) is 0 Å². The number of nitrogen functional groups attached to an aromatic ring is 1. The quantitative estimate of drug-likeness (QED) is 0.689. The van der Waals surface area contributed by atoms with Crippen molar-refractivity contribution in [2.75, 3.05) is 5.73 Å². The van der Waals surface area contributed by atoms with Gasteiger partial charge in [-0.1, -0.05) is 23.2 Å². The first-order valence-electron chi connectivity index (χ1n) is 3.27. The number of halogens is 2. The summed E-state index contributed by atoms with van der Waals surface area (Å²) in [5.74, 6) is 0.373. The van der Waals surface area contributed by atoms with Crippen molar-refractivity contribution in [1.82, 2.24) is 10.2 Å². The van der Waals surface area contributed by atoms with Gasteiger partial charge >= 0.3 is 0 Å². The Bertz CT molecular complexity index is 435. The number of aromatic amines is 1. The van der Waals surface area contributed by atoms with Gasteiger partial charge in [-0.3, -0.25) is 5.10 Å². The highest BCUT2D eigenvalue weighted by Gasteiger charge is 2.08. The molecule has 0 fully saturated rings. The van der Waals surface area contributed by atoms with E-state index in [1.807, 2.05) is 0 Å². The Labute approximate surface area is 78.5 Å². The van der Waals surface area contributed by atoms with Crippen LogP contribution in [-0.2, 0) is 0 Å². The first-order chi connectivity index (χ1) is 5.70. The molecule has 0 bridgehead atoms. The van der Waals surface area contributed by atoms with E-state index in [4.69, 9.17) is 28.9 Å². The molecule has 0 radical (unpaired) electrons. The lowest BCUT2D eigenvalue weighted by molar-refractivity contribution is 1.13. The van der Waals surface area contributed by atoms with Gasteiger partial charge in [0.15, 0.2) is 5.82 Å². The van der Waals surface area contributed by atoms with Gasteiger partial charge in [0, 0.05) is 0 Å². The molecule has 0 spiro atoms. The van der Waals surface area contributed by atoms with E-state index in [-0.39, 0.29) is 0 Å². The molecule has 12 heavy (non-hydrogen) atoms. The fraction of sp³-hybridized carbons (Fsp3) is 0. The van der Waals surface area contributed by atoms with Gasteiger partial charge in [0.2, 0.25) is 0 Å². The second kappa shape index (κ2) is 2.54. The fourth-order valence-electron chi connectivity index (χ4n) is 1.07. The van der Waals surface area contributed by atoms with Gasteiger partial charge in [-0.2, -0.15) is 5.10 Å². The number of nitrogens with one attached hydrogen (secondary N) is 1. The largest absolute Gasteiger partial charge is 0.382 e. The average Bonchev–Trinajstić information content (AvgIpc) is 2.41. The number of hydrogen-bond donors (Lipinski definition) is 2. The van der Waals surface area contributed by atoms with Crippen LogP contribution in [0.4, 0.5) is 5.82 Å². The average molecular weight is 202 g/mol. The highest BCUT2D eigenvalue weighted by atomic mass is 35.5. The van der Waals surface area contributed by atoms with E-state index in [1.165, 1.54) is 0 Å². The standard InChI is InChI=1S/C7H5Cl2N3/c8-3-1-2-4-5(6(3)9)7(10)12-11-4/h1-2H,(H3,10,11,12). The molecule has 0 aliphatic carbocycles. The summed E-state index contributed by atoms with van der Waals surface area (Å²) in [7, 11) is 0. The third-order valence-electron chi connectivity index (χ3n) is 1.65. The molecule has 1 aromatic heterocycles. The molecule has 3 N–H and O–H groups in total. The van der Waals surface area contributed by atoms with Crippen LogP contribution in [0.5, 0.6) is 0 Å². The Hall–Kier alpha value is -0.930. The van der Waals surface area contributed by atoms with Crippen LogP contribution in [0.25, 0.3) is 10.9 Å². The molecule has 2 rings (SSSR count). The Morgan fingerprint density at radius 3 is 2.83 bits per heavy atom. The van der Waals surface area contributed by atoms with E-state index in [0.717, 1.165) is 5.52 Å². The Balaban J connectivity index is 2.96. The number of rotatable bonds is 0. The van der Waals surface area contributed by atoms with E-state index in [2.05, 4.69) is 10.2 Å². The summed E-state index contributed by atoms with van der Waals surface area (Å²) < 4.78 is 0. The maximum absolute atomic E-state index is 5.90. The number of anilines is 1. The zero-order valence-electron chi connectivity index (χ0n) is 5.94. The summed E-state index contributed by atoms with van der Waals surface area (Å²) in [4.78, 5) is 0. The summed E-state index contributed by atoms with van der Waals surface area (Å²) >= 11 is 11.7. The minimum atomic E-state index is 0.373. The van der Waals surface area contributed by atoms with Gasteiger partial charge in [0.25, 0.3) is 0 Å². The maximum Gasteiger partial charge on any atom is 0.154 e. The number of benzene rings is 1. The molecule has 0 aliphatic heterocycles. The molecule has 62 valence electrons. The predicted octanol–water partition coefficient (Wildman–Crippen LogP) is 2.45. The van der Waals surface area contributed by atoms with Crippen LogP contribution in [0.3, 0.4) is 0 Å². The minimum absolute atomic E-state index is 0.373. The van der Waals surface area contributed by atoms with Crippen LogP contribution < -0.4 is 5.73 Å². The number of hydrogen-bond acceptors (Lipinski definition) is 2. The number of aromatic nitrogens is 2.